The summed E-state index contributed by atoms with van der Waals surface area (Å²) in [5, 5.41) is 3.08. The van der Waals surface area contributed by atoms with Gasteiger partial charge in [-0.2, -0.15) is 0 Å². The fourth-order valence-corrected chi connectivity index (χ4v) is 4.04. The van der Waals surface area contributed by atoms with Gasteiger partial charge in [-0.1, -0.05) is 54.6 Å². The van der Waals surface area contributed by atoms with Crippen LogP contribution >= 0.6 is 12.6 Å². The summed E-state index contributed by atoms with van der Waals surface area (Å²) >= 11 is 4.35. The third-order valence-corrected chi connectivity index (χ3v) is 5.90. The van der Waals surface area contributed by atoms with Crippen LogP contribution in [-0.4, -0.2) is 35.8 Å². The van der Waals surface area contributed by atoms with Gasteiger partial charge in [0.15, 0.2) is 0 Å². The number of piperidine rings is 1. The van der Waals surface area contributed by atoms with Crippen LogP contribution in [0.15, 0.2) is 83.8 Å². The number of hydrogen-bond donors (Lipinski definition) is 2. The molecule has 0 saturated carbocycles. The molecule has 30 heavy (non-hydrogen) atoms. The van der Waals surface area contributed by atoms with Crippen LogP contribution in [0.2, 0.25) is 0 Å². The maximum absolute atomic E-state index is 12.9. The second kappa shape index (κ2) is 9.18. The molecule has 0 spiro atoms. The van der Waals surface area contributed by atoms with E-state index in [2.05, 4.69) is 30.1 Å². The van der Waals surface area contributed by atoms with E-state index in [1.807, 2.05) is 65.6 Å². The van der Waals surface area contributed by atoms with Gasteiger partial charge >= 0.3 is 0 Å². The normalized spacial score (nSPS) is 14.4. The van der Waals surface area contributed by atoms with Crippen LogP contribution in [0.1, 0.15) is 33.6 Å². The van der Waals surface area contributed by atoms with E-state index in [4.69, 9.17) is 0 Å². The van der Waals surface area contributed by atoms with Crippen LogP contribution in [0, 0.1) is 0 Å². The fourth-order valence-electron chi connectivity index (χ4n) is 3.77. The van der Waals surface area contributed by atoms with E-state index in [-0.39, 0.29) is 17.9 Å². The van der Waals surface area contributed by atoms with Gasteiger partial charge in [0.2, 0.25) is 0 Å². The van der Waals surface area contributed by atoms with Crippen molar-refractivity contribution in [3.05, 3.63) is 90.0 Å². The summed E-state index contributed by atoms with van der Waals surface area (Å²) < 4.78 is 0. The molecule has 0 atom stereocenters. The van der Waals surface area contributed by atoms with Crippen LogP contribution in [0.4, 0.5) is 0 Å². The minimum atomic E-state index is -0.109. The van der Waals surface area contributed by atoms with E-state index in [0.717, 1.165) is 24.0 Å². The molecule has 0 radical (unpaired) electrons. The van der Waals surface area contributed by atoms with Gasteiger partial charge in [0.25, 0.3) is 11.8 Å². The summed E-state index contributed by atoms with van der Waals surface area (Å²) in [4.78, 5) is 27.9. The van der Waals surface area contributed by atoms with Crippen LogP contribution < -0.4 is 5.32 Å². The highest BCUT2D eigenvalue weighted by molar-refractivity contribution is 7.80. The van der Waals surface area contributed by atoms with E-state index in [0.29, 0.717) is 29.1 Å². The van der Waals surface area contributed by atoms with Gasteiger partial charge in [0.1, 0.15) is 0 Å². The zero-order chi connectivity index (χ0) is 20.9. The van der Waals surface area contributed by atoms with E-state index in [9.17, 15) is 9.59 Å². The summed E-state index contributed by atoms with van der Waals surface area (Å²) in [7, 11) is 0. The van der Waals surface area contributed by atoms with Gasteiger partial charge in [-0.15, -0.1) is 12.6 Å². The highest BCUT2D eigenvalue weighted by Crippen LogP contribution is 2.21. The van der Waals surface area contributed by atoms with E-state index < -0.39 is 0 Å². The van der Waals surface area contributed by atoms with Gasteiger partial charge in [0, 0.05) is 29.6 Å². The first-order valence-corrected chi connectivity index (χ1v) is 10.6. The fraction of sp³-hybridized carbons (Fsp3) is 0.200. The number of likely N-dealkylation sites (tertiary alicyclic amines) is 1. The molecule has 2 amide bonds. The lowest BCUT2D eigenvalue weighted by Crippen LogP contribution is -2.46. The lowest BCUT2D eigenvalue weighted by molar-refractivity contribution is 0.0698. The first-order chi connectivity index (χ1) is 14.6. The molecule has 5 heteroatoms. The van der Waals surface area contributed by atoms with Crippen molar-refractivity contribution in [2.75, 3.05) is 13.1 Å². The second-order valence-corrected chi connectivity index (χ2v) is 7.98. The van der Waals surface area contributed by atoms with Crippen LogP contribution in [0.3, 0.4) is 0 Å². The minimum absolute atomic E-state index is 0.0418. The molecule has 152 valence electrons. The highest BCUT2D eigenvalue weighted by atomic mass is 32.1. The number of benzene rings is 3. The molecule has 0 unspecified atom stereocenters. The molecule has 1 aliphatic rings. The van der Waals surface area contributed by atoms with Gasteiger partial charge in [0.05, 0.1) is 5.56 Å². The van der Waals surface area contributed by atoms with Crippen molar-refractivity contribution in [3.63, 3.8) is 0 Å². The SMILES string of the molecule is O=C(NC1CCN(C(=O)c2ccc(-c3ccccc3)cc2)CC1)c1ccccc1S. The molecule has 1 saturated heterocycles. The number of carbonyl (C=O) groups excluding carboxylic acids is 2. The van der Waals surface area contributed by atoms with E-state index in [1.165, 1.54) is 0 Å². The summed E-state index contributed by atoms with van der Waals surface area (Å²) in [5.41, 5.74) is 3.51. The second-order valence-electron chi connectivity index (χ2n) is 7.50. The van der Waals surface area contributed by atoms with Gasteiger partial charge in [-0.3, -0.25) is 9.59 Å². The quantitative estimate of drug-likeness (QED) is 0.607. The Hall–Kier alpha value is -3.05. The average molecular weight is 417 g/mol. The Labute approximate surface area is 182 Å². The highest BCUT2D eigenvalue weighted by Gasteiger charge is 2.25. The minimum Gasteiger partial charge on any atom is -0.349 e. The lowest BCUT2D eigenvalue weighted by atomic mass is 10.0. The zero-order valence-corrected chi connectivity index (χ0v) is 17.5. The average Bonchev–Trinajstić information content (AvgIpc) is 2.80. The van der Waals surface area contributed by atoms with Crippen molar-refractivity contribution < 1.29 is 9.59 Å². The Morgan fingerprint density at radius 3 is 2.07 bits per heavy atom. The molecule has 1 heterocycles. The molecule has 0 aliphatic carbocycles. The third kappa shape index (κ3) is 4.57. The summed E-state index contributed by atoms with van der Waals surface area (Å²) in [6.45, 7) is 1.26. The number of carbonyl (C=O) groups is 2. The lowest BCUT2D eigenvalue weighted by Gasteiger charge is -2.32. The van der Waals surface area contributed by atoms with Crippen molar-refractivity contribution in [1.29, 1.82) is 0 Å². The Kier molecular flexibility index (Phi) is 6.19. The molecule has 0 aromatic heterocycles. The number of nitrogens with zero attached hydrogens (tertiary/aromatic N) is 1. The molecule has 4 rings (SSSR count). The summed E-state index contributed by atoms with van der Waals surface area (Å²) in [6, 6.07) is 25.2. The number of nitrogens with one attached hydrogen (secondary N) is 1. The predicted octanol–water partition coefficient (Wildman–Crippen LogP) is 4.68. The maximum atomic E-state index is 12.9. The van der Waals surface area contributed by atoms with Crippen molar-refractivity contribution >= 4 is 24.4 Å². The molecule has 1 fully saturated rings. The van der Waals surface area contributed by atoms with Crippen LogP contribution in [0.25, 0.3) is 11.1 Å². The zero-order valence-electron chi connectivity index (χ0n) is 16.6. The molecule has 1 aliphatic heterocycles. The number of amides is 2. The summed E-state index contributed by atoms with van der Waals surface area (Å²) in [5.74, 6) is -0.0676. The number of hydrogen-bond acceptors (Lipinski definition) is 3. The van der Waals surface area contributed by atoms with Gasteiger partial charge < -0.3 is 10.2 Å². The largest absolute Gasteiger partial charge is 0.349 e. The molecular weight excluding hydrogens is 392 g/mol. The van der Waals surface area contributed by atoms with E-state index in [1.54, 1.807) is 6.07 Å². The van der Waals surface area contributed by atoms with Crippen molar-refractivity contribution in [1.82, 2.24) is 10.2 Å². The first kappa shape index (κ1) is 20.2. The smallest absolute Gasteiger partial charge is 0.253 e. The molecule has 1 N–H and O–H groups in total. The van der Waals surface area contributed by atoms with Crippen molar-refractivity contribution in [2.24, 2.45) is 0 Å². The summed E-state index contributed by atoms with van der Waals surface area (Å²) in [6.07, 6.45) is 1.49. The predicted molar refractivity (Wildman–Crippen MR) is 122 cm³/mol. The van der Waals surface area contributed by atoms with Gasteiger partial charge in [-0.25, -0.2) is 0 Å². The monoisotopic (exact) mass is 416 g/mol. The Morgan fingerprint density at radius 1 is 0.800 bits per heavy atom. The molecule has 3 aromatic carbocycles. The molecule has 3 aromatic rings. The molecule has 4 nitrogen and oxygen atoms in total. The first-order valence-electron chi connectivity index (χ1n) is 10.2. The molecule has 0 bridgehead atoms. The Morgan fingerprint density at radius 2 is 1.40 bits per heavy atom. The van der Waals surface area contributed by atoms with Gasteiger partial charge in [-0.05, 0) is 48.2 Å². The Balaban J connectivity index is 1.33. The van der Waals surface area contributed by atoms with E-state index >= 15 is 0 Å². The van der Waals surface area contributed by atoms with Crippen LogP contribution in [-0.2, 0) is 0 Å². The number of thiol groups is 1. The Bertz CT molecular complexity index is 1030. The standard InChI is InChI=1S/C25H24N2O2S/c28-24(22-8-4-5-9-23(22)30)26-21-14-16-27(17-15-21)25(29)20-12-10-19(11-13-20)18-6-2-1-3-7-18/h1-13,21,30H,14-17H2,(H,26,28). The maximum Gasteiger partial charge on any atom is 0.253 e. The third-order valence-electron chi connectivity index (χ3n) is 5.51. The van der Waals surface area contributed by atoms with Crippen molar-refractivity contribution in [2.45, 2.75) is 23.8 Å². The number of rotatable bonds is 4. The van der Waals surface area contributed by atoms with Crippen molar-refractivity contribution in [3.8, 4) is 11.1 Å². The topological polar surface area (TPSA) is 49.4 Å². The van der Waals surface area contributed by atoms with Crippen LogP contribution in [0.5, 0.6) is 0 Å². The molecular formula is C25H24N2O2S.